The number of halogens is 5. The number of nitrogens with one attached hydrogen (secondary N) is 3. The summed E-state index contributed by atoms with van der Waals surface area (Å²) in [7, 11) is 0. The Morgan fingerprint density at radius 3 is 2.35 bits per heavy atom. The van der Waals surface area contributed by atoms with Crippen LogP contribution in [0, 0.1) is 10.8 Å². The van der Waals surface area contributed by atoms with E-state index < -0.39 is 48.5 Å². The number of amides is 2. The quantitative estimate of drug-likeness (QED) is 0.0760. The number of alkyl halides is 5. The van der Waals surface area contributed by atoms with Crippen molar-refractivity contribution < 1.29 is 36.3 Å². The number of benzene rings is 2. The molecule has 0 aliphatic heterocycles. The third-order valence-electron chi connectivity index (χ3n) is 9.44. The molecular weight excluding hydrogens is 713 g/mol. The predicted octanol–water partition coefficient (Wildman–Crippen LogP) is 7.84. The first kappa shape index (κ1) is 38.4. The van der Waals surface area contributed by atoms with Gasteiger partial charge in [-0.2, -0.15) is 32.1 Å². The highest BCUT2D eigenvalue weighted by atomic mass is 19.4. The topological polar surface area (TPSA) is 143 Å². The van der Waals surface area contributed by atoms with Crippen molar-refractivity contribution in [3.8, 4) is 16.8 Å². The van der Waals surface area contributed by atoms with Gasteiger partial charge in [0.05, 0.1) is 23.5 Å². The molecule has 0 bridgehead atoms. The second-order valence-corrected chi connectivity index (χ2v) is 15.2. The van der Waals surface area contributed by atoms with Gasteiger partial charge in [-0.3, -0.25) is 15.1 Å². The number of carbonyl (C=O) groups excluding carboxylic acids is 2. The summed E-state index contributed by atoms with van der Waals surface area (Å²) in [6, 6.07) is 7.97. The fourth-order valence-corrected chi connectivity index (χ4v) is 5.87. The average molecular weight is 756 g/mol. The lowest BCUT2D eigenvalue weighted by Crippen LogP contribution is -2.49. The summed E-state index contributed by atoms with van der Waals surface area (Å²) in [6.45, 7) is 4.77. The number of rotatable bonds is 12. The van der Waals surface area contributed by atoms with Crippen molar-refractivity contribution >= 4 is 18.0 Å². The van der Waals surface area contributed by atoms with Gasteiger partial charge in [0.25, 0.3) is 5.91 Å². The molecule has 0 radical (unpaired) electrons. The van der Waals surface area contributed by atoms with Crippen LogP contribution in [0.3, 0.4) is 0 Å². The third-order valence-corrected chi connectivity index (χ3v) is 9.44. The van der Waals surface area contributed by atoms with E-state index in [2.05, 4.69) is 25.8 Å². The molecule has 2 heterocycles. The summed E-state index contributed by atoms with van der Waals surface area (Å²) in [5.74, 6) is -0.807. The average Bonchev–Trinajstić information content (AvgIpc) is 3.95. The van der Waals surface area contributed by atoms with Crippen molar-refractivity contribution in [1.82, 2.24) is 40.1 Å². The van der Waals surface area contributed by atoms with Gasteiger partial charge in [-0.1, -0.05) is 39.0 Å². The molecule has 1 atom stereocenters. The van der Waals surface area contributed by atoms with Crippen LogP contribution in [0.25, 0.3) is 16.8 Å². The summed E-state index contributed by atoms with van der Waals surface area (Å²) in [4.78, 5) is 32.8. The van der Waals surface area contributed by atoms with Gasteiger partial charge in [-0.15, -0.1) is 0 Å². The van der Waals surface area contributed by atoms with Crippen molar-refractivity contribution in [2.45, 2.75) is 90.0 Å². The largest absolute Gasteiger partial charge is 0.447 e. The molecule has 6 rings (SSSR count). The second-order valence-electron chi connectivity index (χ2n) is 15.2. The van der Waals surface area contributed by atoms with Gasteiger partial charge in [0.1, 0.15) is 18.8 Å². The van der Waals surface area contributed by atoms with Gasteiger partial charge in [-0.05, 0) is 79.8 Å². The van der Waals surface area contributed by atoms with Crippen molar-refractivity contribution in [2.75, 3.05) is 13.2 Å². The fourth-order valence-electron chi connectivity index (χ4n) is 5.87. The van der Waals surface area contributed by atoms with Gasteiger partial charge in [0, 0.05) is 35.3 Å². The van der Waals surface area contributed by atoms with E-state index in [0.29, 0.717) is 28.1 Å². The van der Waals surface area contributed by atoms with Crippen molar-refractivity contribution in [3.05, 3.63) is 83.7 Å². The Balaban J connectivity index is 1.42. The standard InChI is InChI=1S/C37H42F5N9O3/c1-35(2,3)15-16-44-33(43)50(31(52)24-9-5-22(6-10-24)26-18-46-49(19-26)32(38)39)29(20-54-34(53)48-36(4)13-14-36)25-11-12-27(37(40,41)42)28(17-25)51-30(23-7-8-23)45-21-47-51/h5-6,9-12,17-19,21,23,29,32H,7-8,13-16,20H2,1-4H3,(H2,43,44)(H,48,53)/t29-/m1/s1. The van der Waals surface area contributed by atoms with Gasteiger partial charge in [0.15, 0.2) is 5.96 Å². The first-order valence-electron chi connectivity index (χ1n) is 17.6. The highest BCUT2D eigenvalue weighted by Crippen LogP contribution is 2.42. The zero-order valence-electron chi connectivity index (χ0n) is 30.3. The maximum absolute atomic E-state index is 14.5. The number of hydrogen-bond acceptors (Lipinski definition) is 7. The molecule has 2 fully saturated rings. The summed E-state index contributed by atoms with van der Waals surface area (Å²) >= 11 is 0. The van der Waals surface area contributed by atoms with E-state index >= 15 is 0 Å². The lowest BCUT2D eigenvalue weighted by atomic mass is 9.92. The number of guanidine groups is 1. The minimum Gasteiger partial charge on any atom is -0.447 e. The van der Waals surface area contributed by atoms with Crippen LogP contribution in [-0.2, 0) is 10.9 Å². The van der Waals surface area contributed by atoms with Crippen LogP contribution in [0.4, 0.5) is 26.7 Å². The summed E-state index contributed by atoms with van der Waals surface area (Å²) < 4.78 is 77.2. The molecule has 0 spiro atoms. The molecule has 4 aromatic rings. The second kappa shape index (κ2) is 14.8. The zero-order chi connectivity index (χ0) is 39.0. The summed E-state index contributed by atoms with van der Waals surface area (Å²) in [5.41, 5.74) is -0.846. The van der Waals surface area contributed by atoms with Crippen molar-refractivity contribution in [3.63, 3.8) is 0 Å². The fraction of sp³-hybridized carbons (Fsp3) is 0.459. The van der Waals surface area contributed by atoms with E-state index in [9.17, 15) is 31.5 Å². The van der Waals surface area contributed by atoms with Crippen LogP contribution in [-0.4, -0.2) is 66.1 Å². The molecule has 3 N–H and O–H groups in total. The Kier molecular flexibility index (Phi) is 10.5. The molecule has 2 aromatic heterocycles. The van der Waals surface area contributed by atoms with E-state index in [0.717, 1.165) is 47.5 Å². The van der Waals surface area contributed by atoms with Gasteiger partial charge >= 0.3 is 18.8 Å². The molecular formula is C37H42F5N9O3. The van der Waals surface area contributed by atoms with E-state index in [4.69, 9.17) is 10.1 Å². The van der Waals surface area contributed by atoms with Crippen molar-refractivity contribution in [1.29, 1.82) is 5.41 Å². The lowest BCUT2D eigenvalue weighted by Gasteiger charge is -2.33. The monoisotopic (exact) mass is 755 g/mol. The van der Waals surface area contributed by atoms with Crippen LogP contribution < -0.4 is 10.6 Å². The molecule has 2 aromatic carbocycles. The van der Waals surface area contributed by atoms with Crippen LogP contribution in [0.2, 0.25) is 0 Å². The maximum atomic E-state index is 14.5. The van der Waals surface area contributed by atoms with Gasteiger partial charge in [0.2, 0.25) is 0 Å². The van der Waals surface area contributed by atoms with Crippen molar-refractivity contribution in [2.24, 2.45) is 5.41 Å². The molecule has 2 aliphatic carbocycles. The highest BCUT2D eigenvalue weighted by Gasteiger charge is 2.41. The first-order valence-corrected chi connectivity index (χ1v) is 17.6. The summed E-state index contributed by atoms with van der Waals surface area (Å²) in [5, 5.41) is 22.7. The molecule has 12 nitrogen and oxygen atoms in total. The first-order chi connectivity index (χ1) is 25.4. The minimum atomic E-state index is -4.78. The Hall–Kier alpha value is -5.35. The molecule has 0 saturated heterocycles. The van der Waals surface area contributed by atoms with Crippen LogP contribution in [0.1, 0.15) is 106 Å². The minimum absolute atomic E-state index is 0.0604. The molecule has 17 heteroatoms. The Morgan fingerprint density at radius 2 is 1.76 bits per heavy atom. The van der Waals surface area contributed by atoms with E-state index in [1.54, 1.807) is 0 Å². The van der Waals surface area contributed by atoms with Crippen LogP contribution in [0.5, 0.6) is 0 Å². The third kappa shape index (κ3) is 9.05. The zero-order valence-corrected chi connectivity index (χ0v) is 30.3. The van der Waals surface area contributed by atoms with E-state index in [-0.39, 0.29) is 40.7 Å². The van der Waals surface area contributed by atoms with Crippen LogP contribution >= 0.6 is 0 Å². The van der Waals surface area contributed by atoms with Crippen LogP contribution in [0.15, 0.2) is 61.2 Å². The molecule has 54 heavy (non-hydrogen) atoms. The number of nitrogens with zero attached hydrogens (tertiary/aromatic N) is 6. The van der Waals surface area contributed by atoms with E-state index in [1.807, 2.05) is 27.7 Å². The van der Waals surface area contributed by atoms with Gasteiger partial charge < -0.3 is 15.4 Å². The van der Waals surface area contributed by atoms with E-state index in [1.165, 1.54) is 48.9 Å². The predicted molar refractivity (Wildman–Crippen MR) is 188 cm³/mol. The molecule has 2 amide bonds. The number of ether oxygens (including phenoxy) is 1. The molecule has 0 unspecified atom stereocenters. The summed E-state index contributed by atoms with van der Waals surface area (Å²) in [6.07, 6.45) is 1.61. The molecule has 2 saturated carbocycles. The lowest BCUT2D eigenvalue weighted by molar-refractivity contribution is -0.137. The molecule has 288 valence electrons. The smallest absolute Gasteiger partial charge is 0.418 e. The van der Waals surface area contributed by atoms with Gasteiger partial charge in [-0.25, -0.2) is 19.1 Å². The number of hydrogen-bond donors (Lipinski definition) is 3. The number of carbonyl (C=O) groups is 2. The number of aromatic nitrogens is 5. The normalized spacial score (nSPS) is 15.8. The Labute approximate surface area is 308 Å². The Morgan fingerprint density at radius 1 is 1.06 bits per heavy atom. The maximum Gasteiger partial charge on any atom is 0.418 e. The molecule has 2 aliphatic rings. The SMILES string of the molecule is CC(C)(C)CCNC(=N)N(C(=O)c1ccc(-c2cnn(C(F)F)c2)cc1)[C@H](COC(=O)NC1(C)CC1)c1ccc(C(F)(F)F)c(-n2ncnc2C2CC2)c1. The highest BCUT2D eigenvalue weighted by molar-refractivity contribution is 6.05. The Bertz CT molecular complexity index is 1990. The number of alkyl carbamates (subject to hydrolysis) is 1.